The standard InChI is InChI=1S/C13H20O2/c1-2-3-4-5-6-7-8-9-10-11-12-13(14)15/h7-12H,2-6H2,1H3,(H,14,15). The highest BCUT2D eigenvalue weighted by Crippen LogP contribution is 2.02. The van der Waals surface area contributed by atoms with Gasteiger partial charge in [-0.3, -0.25) is 0 Å². The van der Waals surface area contributed by atoms with Gasteiger partial charge in [-0.1, -0.05) is 56.6 Å². The van der Waals surface area contributed by atoms with Gasteiger partial charge in [0.05, 0.1) is 0 Å². The predicted octanol–water partition coefficient (Wildman–Crippen LogP) is 3.71. The molecule has 0 heterocycles. The van der Waals surface area contributed by atoms with Crippen molar-refractivity contribution in [3.8, 4) is 0 Å². The molecule has 0 aliphatic rings. The summed E-state index contributed by atoms with van der Waals surface area (Å²) in [6.45, 7) is 2.20. The van der Waals surface area contributed by atoms with Crippen LogP contribution in [0.1, 0.15) is 39.0 Å². The first-order valence-corrected chi connectivity index (χ1v) is 5.50. The van der Waals surface area contributed by atoms with Crippen LogP contribution in [0.4, 0.5) is 0 Å². The summed E-state index contributed by atoms with van der Waals surface area (Å²) in [5.74, 6) is -0.914. The summed E-state index contributed by atoms with van der Waals surface area (Å²) in [7, 11) is 0. The molecule has 0 aromatic rings. The molecule has 0 aromatic carbocycles. The molecule has 0 spiro atoms. The highest BCUT2D eigenvalue weighted by molar-refractivity contribution is 5.80. The minimum Gasteiger partial charge on any atom is -0.478 e. The van der Waals surface area contributed by atoms with Crippen LogP contribution in [0.15, 0.2) is 36.5 Å². The molecule has 15 heavy (non-hydrogen) atoms. The molecule has 2 heteroatoms. The fourth-order valence-electron chi connectivity index (χ4n) is 1.13. The van der Waals surface area contributed by atoms with E-state index in [4.69, 9.17) is 5.11 Å². The van der Waals surface area contributed by atoms with E-state index >= 15 is 0 Å². The van der Waals surface area contributed by atoms with Crippen molar-refractivity contribution >= 4 is 5.97 Å². The molecule has 0 fully saturated rings. The summed E-state index contributed by atoms with van der Waals surface area (Å²) in [5.41, 5.74) is 0. The van der Waals surface area contributed by atoms with Crippen LogP contribution < -0.4 is 0 Å². The second-order valence-electron chi connectivity index (χ2n) is 3.36. The summed E-state index contributed by atoms with van der Waals surface area (Å²) < 4.78 is 0. The minimum atomic E-state index is -0.914. The van der Waals surface area contributed by atoms with Gasteiger partial charge in [0.2, 0.25) is 0 Å². The molecule has 0 aliphatic carbocycles. The molecule has 0 aliphatic heterocycles. The Balaban J connectivity index is 3.41. The Morgan fingerprint density at radius 1 is 1.07 bits per heavy atom. The average molecular weight is 208 g/mol. The SMILES string of the molecule is CCCCCCC=CC=CC=CC(=O)O. The van der Waals surface area contributed by atoms with Crippen molar-refractivity contribution in [2.45, 2.75) is 39.0 Å². The summed E-state index contributed by atoms with van der Waals surface area (Å²) in [5, 5.41) is 8.30. The number of carboxylic acid groups (broad SMARTS) is 1. The number of hydrogen-bond acceptors (Lipinski definition) is 1. The first-order valence-electron chi connectivity index (χ1n) is 5.50. The largest absolute Gasteiger partial charge is 0.478 e. The monoisotopic (exact) mass is 208 g/mol. The second kappa shape index (κ2) is 10.8. The fraction of sp³-hybridized carbons (Fsp3) is 0.462. The highest BCUT2D eigenvalue weighted by Gasteiger charge is 1.83. The minimum absolute atomic E-state index is 0.914. The molecule has 0 amide bonds. The molecule has 1 N–H and O–H groups in total. The van der Waals surface area contributed by atoms with Crippen molar-refractivity contribution in [2.75, 3.05) is 0 Å². The zero-order valence-electron chi connectivity index (χ0n) is 9.36. The van der Waals surface area contributed by atoms with Gasteiger partial charge in [0.15, 0.2) is 0 Å². The number of aliphatic carboxylic acids is 1. The highest BCUT2D eigenvalue weighted by atomic mass is 16.4. The summed E-state index contributed by atoms with van der Waals surface area (Å²) in [6, 6.07) is 0. The van der Waals surface area contributed by atoms with E-state index in [1.54, 1.807) is 6.08 Å². The third kappa shape index (κ3) is 12.7. The zero-order chi connectivity index (χ0) is 11.4. The van der Waals surface area contributed by atoms with Crippen LogP contribution >= 0.6 is 0 Å². The Labute approximate surface area is 92.0 Å². The van der Waals surface area contributed by atoms with Crippen molar-refractivity contribution in [3.05, 3.63) is 36.5 Å². The van der Waals surface area contributed by atoms with Crippen LogP contribution in [0.2, 0.25) is 0 Å². The van der Waals surface area contributed by atoms with E-state index in [1.807, 2.05) is 12.2 Å². The van der Waals surface area contributed by atoms with E-state index < -0.39 is 5.97 Å². The smallest absolute Gasteiger partial charge is 0.328 e. The number of allylic oxidation sites excluding steroid dienone is 5. The van der Waals surface area contributed by atoms with Crippen molar-refractivity contribution in [1.29, 1.82) is 0 Å². The molecule has 0 aromatic heterocycles. The van der Waals surface area contributed by atoms with E-state index in [2.05, 4.69) is 13.0 Å². The van der Waals surface area contributed by atoms with Gasteiger partial charge in [0.1, 0.15) is 0 Å². The molecule has 0 radical (unpaired) electrons. The van der Waals surface area contributed by atoms with Crippen molar-refractivity contribution in [1.82, 2.24) is 0 Å². The fourth-order valence-corrected chi connectivity index (χ4v) is 1.13. The molecule has 0 atom stereocenters. The maximum atomic E-state index is 10.1. The van der Waals surface area contributed by atoms with Gasteiger partial charge in [-0.05, 0) is 12.8 Å². The first-order chi connectivity index (χ1) is 7.27. The molecule has 0 saturated carbocycles. The Morgan fingerprint density at radius 2 is 1.80 bits per heavy atom. The Morgan fingerprint density at radius 3 is 2.47 bits per heavy atom. The van der Waals surface area contributed by atoms with E-state index in [-0.39, 0.29) is 0 Å². The van der Waals surface area contributed by atoms with Crippen LogP contribution in [0, 0.1) is 0 Å². The molecular formula is C13H20O2. The van der Waals surface area contributed by atoms with Gasteiger partial charge in [-0.25, -0.2) is 4.79 Å². The van der Waals surface area contributed by atoms with Gasteiger partial charge in [-0.2, -0.15) is 0 Å². The Hall–Kier alpha value is -1.31. The number of carbonyl (C=O) groups is 1. The molecule has 84 valence electrons. The normalized spacial score (nSPS) is 12.1. The van der Waals surface area contributed by atoms with Gasteiger partial charge in [0.25, 0.3) is 0 Å². The molecule has 0 saturated heterocycles. The molecule has 0 unspecified atom stereocenters. The van der Waals surface area contributed by atoms with Gasteiger partial charge < -0.3 is 5.11 Å². The lowest BCUT2D eigenvalue weighted by Crippen LogP contribution is -1.84. The van der Waals surface area contributed by atoms with E-state index in [9.17, 15) is 4.79 Å². The lowest BCUT2D eigenvalue weighted by atomic mass is 10.1. The zero-order valence-corrected chi connectivity index (χ0v) is 9.36. The first kappa shape index (κ1) is 13.7. The Kier molecular flexibility index (Phi) is 9.83. The second-order valence-corrected chi connectivity index (χ2v) is 3.36. The van der Waals surface area contributed by atoms with Gasteiger partial charge in [0, 0.05) is 6.08 Å². The van der Waals surface area contributed by atoms with Crippen LogP contribution in [-0.2, 0) is 4.79 Å². The summed E-state index contributed by atoms with van der Waals surface area (Å²) in [4.78, 5) is 10.1. The van der Waals surface area contributed by atoms with Crippen LogP contribution in [0.3, 0.4) is 0 Å². The third-order valence-electron chi connectivity index (χ3n) is 1.93. The van der Waals surface area contributed by atoms with Crippen LogP contribution in [0.5, 0.6) is 0 Å². The quantitative estimate of drug-likeness (QED) is 0.375. The Bertz CT molecular complexity index is 237. The third-order valence-corrected chi connectivity index (χ3v) is 1.93. The lowest BCUT2D eigenvalue weighted by molar-refractivity contribution is -0.131. The molecule has 0 bridgehead atoms. The van der Waals surface area contributed by atoms with E-state index in [0.29, 0.717) is 0 Å². The lowest BCUT2D eigenvalue weighted by Gasteiger charge is -1.92. The van der Waals surface area contributed by atoms with Crippen molar-refractivity contribution < 1.29 is 9.90 Å². The molecule has 2 nitrogen and oxygen atoms in total. The number of hydrogen-bond donors (Lipinski definition) is 1. The maximum absolute atomic E-state index is 10.1. The number of unbranched alkanes of at least 4 members (excludes halogenated alkanes) is 4. The van der Waals surface area contributed by atoms with Gasteiger partial charge in [-0.15, -0.1) is 0 Å². The van der Waals surface area contributed by atoms with Crippen molar-refractivity contribution in [3.63, 3.8) is 0 Å². The number of carboxylic acids is 1. The van der Waals surface area contributed by atoms with Crippen molar-refractivity contribution in [2.24, 2.45) is 0 Å². The molecular weight excluding hydrogens is 188 g/mol. The summed E-state index contributed by atoms with van der Waals surface area (Å²) >= 11 is 0. The van der Waals surface area contributed by atoms with E-state index in [0.717, 1.165) is 12.5 Å². The average Bonchev–Trinajstić information content (AvgIpc) is 2.20. The summed E-state index contributed by atoms with van der Waals surface area (Å²) in [6.07, 6.45) is 16.5. The topological polar surface area (TPSA) is 37.3 Å². The predicted molar refractivity (Wildman–Crippen MR) is 63.8 cm³/mol. The van der Waals surface area contributed by atoms with Crippen LogP contribution in [-0.4, -0.2) is 11.1 Å². The van der Waals surface area contributed by atoms with E-state index in [1.165, 1.54) is 31.8 Å². The van der Waals surface area contributed by atoms with Crippen LogP contribution in [0.25, 0.3) is 0 Å². The van der Waals surface area contributed by atoms with Gasteiger partial charge >= 0.3 is 5.97 Å². The maximum Gasteiger partial charge on any atom is 0.328 e. The molecule has 0 rings (SSSR count). The number of rotatable bonds is 8.